The lowest BCUT2D eigenvalue weighted by atomic mass is 10.1. The predicted molar refractivity (Wildman–Crippen MR) is 82.0 cm³/mol. The van der Waals surface area contributed by atoms with Crippen molar-refractivity contribution >= 4 is 5.69 Å². The number of methoxy groups -OCH3 is 1. The van der Waals surface area contributed by atoms with Crippen LogP contribution in [0.2, 0.25) is 0 Å². The van der Waals surface area contributed by atoms with Crippen LogP contribution in [0.3, 0.4) is 0 Å². The Balaban J connectivity index is 1.84. The van der Waals surface area contributed by atoms with Gasteiger partial charge in [0.25, 0.3) is 0 Å². The number of fused-ring (bicyclic) bond motifs is 1. The summed E-state index contributed by atoms with van der Waals surface area (Å²) in [5, 5.41) is 0. The number of halogens is 1. The molecule has 0 atom stereocenters. The molecule has 0 saturated heterocycles. The average molecular weight is 286 g/mol. The predicted octanol–water partition coefficient (Wildman–Crippen LogP) is 2.86. The summed E-state index contributed by atoms with van der Waals surface area (Å²) in [5.41, 5.74) is 10.0. The van der Waals surface area contributed by atoms with Gasteiger partial charge in [0.05, 0.1) is 7.11 Å². The maximum atomic E-state index is 13.4. The van der Waals surface area contributed by atoms with E-state index in [1.54, 1.807) is 13.2 Å². The number of hydrogen-bond donors (Lipinski definition) is 1. The minimum atomic E-state index is -0.184. The third-order valence-electron chi connectivity index (χ3n) is 3.98. The zero-order chi connectivity index (χ0) is 14.8. The third kappa shape index (κ3) is 2.72. The Kier molecular flexibility index (Phi) is 3.80. The van der Waals surface area contributed by atoms with Crippen LogP contribution in [0.25, 0.3) is 0 Å². The summed E-state index contributed by atoms with van der Waals surface area (Å²) in [7, 11) is 1.65. The van der Waals surface area contributed by atoms with Crippen LogP contribution in [-0.4, -0.2) is 13.7 Å². The molecule has 110 valence electrons. The number of hydrogen-bond acceptors (Lipinski definition) is 3. The molecule has 2 aromatic rings. The molecule has 21 heavy (non-hydrogen) atoms. The zero-order valence-corrected chi connectivity index (χ0v) is 12.1. The Labute approximate surface area is 124 Å². The molecule has 0 radical (unpaired) electrons. The Hall–Kier alpha value is -2.07. The van der Waals surface area contributed by atoms with E-state index < -0.39 is 0 Å². The maximum Gasteiger partial charge on any atom is 0.125 e. The lowest BCUT2D eigenvalue weighted by Gasteiger charge is -2.20. The van der Waals surface area contributed by atoms with E-state index in [4.69, 9.17) is 10.5 Å². The van der Waals surface area contributed by atoms with Crippen molar-refractivity contribution in [3.63, 3.8) is 0 Å². The molecular weight excluding hydrogens is 267 g/mol. The number of ether oxygens (including phenoxy) is 1. The molecule has 1 heterocycles. The normalized spacial score (nSPS) is 13.4. The second kappa shape index (κ2) is 5.74. The molecule has 1 aliphatic rings. The molecule has 1 aliphatic heterocycles. The average Bonchev–Trinajstić information content (AvgIpc) is 2.89. The number of nitrogens with zero attached hydrogens (tertiary/aromatic N) is 1. The van der Waals surface area contributed by atoms with Gasteiger partial charge in [0.2, 0.25) is 0 Å². The fourth-order valence-electron chi connectivity index (χ4n) is 2.86. The molecule has 0 aliphatic carbocycles. The monoisotopic (exact) mass is 286 g/mol. The van der Waals surface area contributed by atoms with Gasteiger partial charge in [-0.1, -0.05) is 18.2 Å². The van der Waals surface area contributed by atoms with Gasteiger partial charge in [-0.2, -0.15) is 0 Å². The molecule has 0 aromatic heterocycles. The fraction of sp³-hybridized carbons (Fsp3) is 0.294. The van der Waals surface area contributed by atoms with Gasteiger partial charge in [-0.15, -0.1) is 0 Å². The number of rotatable bonds is 4. The first-order valence-corrected chi connectivity index (χ1v) is 7.10. The highest BCUT2D eigenvalue weighted by atomic mass is 19.1. The van der Waals surface area contributed by atoms with Crippen molar-refractivity contribution in [3.8, 4) is 5.75 Å². The quantitative estimate of drug-likeness (QED) is 0.939. The highest BCUT2D eigenvalue weighted by molar-refractivity contribution is 5.58. The van der Waals surface area contributed by atoms with Crippen molar-refractivity contribution in [2.75, 3.05) is 18.6 Å². The summed E-state index contributed by atoms with van der Waals surface area (Å²) in [6.07, 6.45) is 0.966. The first kappa shape index (κ1) is 13.9. The van der Waals surface area contributed by atoms with Gasteiger partial charge in [0, 0.05) is 30.9 Å². The van der Waals surface area contributed by atoms with E-state index in [9.17, 15) is 4.39 Å². The molecule has 0 amide bonds. The summed E-state index contributed by atoms with van der Waals surface area (Å²) in [4.78, 5) is 2.20. The second-order valence-corrected chi connectivity index (χ2v) is 5.29. The van der Waals surface area contributed by atoms with Gasteiger partial charge in [-0.3, -0.25) is 0 Å². The van der Waals surface area contributed by atoms with Gasteiger partial charge in [0.1, 0.15) is 11.6 Å². The number of anilines is 1. The molecule has 3 rings (SSSR count). The SMILES string of the molecule is COc1cc(CN2CCc3ccc(F)cc32)ccc1CN. The van der Waals surface area contributed by atoms with Crippen LogP contribution in [0.4, 0.5) is 10.1 Å². The molecular formula is C17H19FN2O. The number of benzene rings is 2. The van der Waals surface area contributed by atoms with Crippen LogP contribution in [0.15, 0.2) is 36.4 Å². The summed E-state index contributed by atoms with van der Waals surface area (Å²) in [6, 6.07) is 11.1. The van der Waals surface area contributed by atoms with Crippen molar-refractivity contribution in [2.24, 2.45) is 5.73 Å². The van der Waals surface area contributed by atoms with E-state index in [1.807, 2.05) is 18.2 Å². The van der Waals surface area contributed by atoms with Crippen LogP contribution >= 0.6 is 0 Å². The van der Waals surface area contributed by atoms with Gasteiger partial charge >= 0.3 is 0 Å². The molecule has 0 spiro atoms. The smallest absolute Gasteiger partial charge is 0.125 e. The minimum absolute atomic E-state index is 0.184. The lowest BCUT2D eigenvalue weighted by molar-refractivity contribution is 0.409. The van der Waals surface area contributed by atoms with Crippen LogP contribution in [0.5, 0.6) is 5.75 Å². The van der Waals surface area contributed by atoms with Gasteiger partial charge in [-0.05, 0) is 35.7 Å². The maximum absolute atomic E-state index is 13.4. The van der Waals surface area contributed by atoms with Gasteiger partial charge < -0.3 is 15.4 Å². The molecule has 0 bridgehead atoms. The molecule has 3 nitrogen and oxygen atoms in total. The zero-order valence-electron chi connectivity index (χ0n) is 12.1. The van der Waals surface area contributed by atoms with Crippen molar-refractivity contribution < 1.29 is 9.13 Å². The largest absolute Gasteiger partial charge is 0.496 e. The summed E-state index contributed by atoms with van der Waals surface area (Å²) >= 11 is 0. The van der Waals surface area contributed by atoms with Crippen LogP contribution in [-0.2, 0) is 19.5 Å². The van der Waals surface area contributed by atoms with Crippen LogP contribution in [0, 0.1) is 5.82 Å². The highest BCUT2D eigenvalue weighted by Crippen LogP contribution is 2.30. The Morgan fingerprint density at radius 2 is 2.10 bits per heavy atom. The minimum Gasteiger partial charge on any atom is -0.496 e. The Morgan fingerprint density at radius 3 is 2.86 bits per heavy atom. The van der Waals surface area contributed by atoms with Crippen LogP contribution < -0.4 is 15.4 Å². The van der Waals surface area contributed by atoms with E-state index >= 15 is 0 Å². The van der Waals surface area contributed by atoms with Crippen LogP contribution in [0.1, 0.15) is 16.7 Å². The molecule has 4 heteroatoms. The standard InChI is InChI=1S/C17H19FN2O/c1-21-17-8-12(2-3-14(17)10-19)11-20-7-6-13-4-5-15(18)9-16(13)20/h2-5,8-9H,6-7,10-11,19H2,1H3. The van der Waals surface area contributed by atoms with E-state index in [1.165, 1.54) is 11.6 Å². The Bertz CT molecular complexity index is 657. The molecule has 0 fully saturated rings. The highest BCUT2D eigenvalue weighted by Gasteiger charge is 2.19. The number of nitrogens with two attached hydrogens (primary N) is 1. The van der Waals surface area contributed by atoms with Crippen molar-refractivity contribution in [2.45, 2.75) is 19.5 Å². The van der Waals surface area contributed by atoms with E-state index in [2.05, 4.69) is 11.0 Å². The topological polar surface area (TPSA) is 38.5 Å². The van der Waals surface area contributed by atoms with Gasteiger partial charge in [0.15, 0.2) is 0 Å². The van der Waals surface area contributed by atoms with Crippen molar-refractivity contribution in [1.82, 2.24) is 0 Å². The van der Waals surface area contributed by atoms with Crippen molar-refractivity contribution in [3.05, 3.63) is 58.9 Å². The second-order valence-electron chi connectivity index (χ2n) is 5.29. The third-order valence-corrected chi connectivity index (χ3v) is 3.98. The Morgan fingerprint density at radius 1 is 1.24 bits per heavy atom. The summed E-state index contributed by atoms with van der Waals surface area (Å²) in [6.45, 7) is 2.12. The molecule has 2 N–H and O–H groups in total. The first-order chi connectivity index (χ1) is 10.2. The summed E-state index contributed by atoms with van der Waals surface area (Å²) < 4.78 is 18.8. The van der Waals surface area contributed by atoms with E-state index in [-0.39, 0.29) is 5.82 Å². The fourth-order valence-corrected chi connectivity index (χ4v) is 2.86. The van der Waals surface area contributed by atoms with Crippen molar-refractivity contribution in [1.29, 1.82) is 0 Å². The molecule has 0 saturated carbocycles. The molecule has 0 unspecified atom stereocenters. The van der Waals surface area contributed by atoms with E-state index in [0.717, 1.165) is 42.1 Å². The van der Waals surface area contributed by atoms with Gasteiger partial charge in [-0.25, -0.2) is 4.39 Å². The first-order valence-electron chi connectivity index (χ1n) is 7.10. The van der Waals surface area contributed by atoms with E-state index in [0.29, 0.717) is 6.54 Å². The lowest BCUT2D eigenvalue weighted by Crippen LogP contribution is -2.19. The molecule has 2 aromatic carbocycles. The summed E-state index contributed by atoms with van der Waals surface area (Å²) in [5.74, 6) is 0.630.